The number of hydrogen-bond donors (Lipinski definition) is 0. The van der Waals surface area contributed by atoms with Crippen molar-refractivity contribution >= 4 is 17.6 Å². The SMILES string of the molecule is C(=C\c1ccccc1)/C1=NC(c2cccnc2)=NC1c1ccccc1. The first-order valence-corrected chi connectivity index (χ1v) is 8.25. The van der Waals surface area contributed by atoms with E-state index in [1.165, 1.54) is 0 Å². The molecule has 1 aromatic heterocycles. The molecule has 1 atom stereocenters. The summed E-state index contributed by atoms with van der Waals surface area (Å²) in [6.45, 7) is 0. The minimum Gasteiger partial charge on any atom is -0.264 e. The molecule has 2 aromatic carbocycles. The highest BCUT2D eigenvalue weighted by Crippen LogP contribution is 2.27. The maximum Gasteiger partial charge on any atom is 0.157 e. The van der Waals surface area contributed by atoms with Gasteiger partial charge >= 0.3 is 0 Å². The van der Waals surface area contributed by atoms with Gasteiger partial charge in [-0.2, -0.15) is 0 Å². The van der Waals surface area contributed by atoms with Crippen LogP contribution < -0.4 is 0 Å². The molecule has 0 amide bonds. The summed E-state index contributed by atoms with van der Waals surface area (Å²) in [6.07, 6.45) is 7.69. The molecule has 2 heterocycles. The summed E-state index contributed by atoms with van der Waals surface area (Å²) in [6, 6.07) is 24.3. The highest BCUT2D eigenvalue weighted by Gasteiger charge is 2.23. The molecular formula is C22H17N3. The van der Waals surface area contributed by atoms with Crippen LogP contribution in [0.4, 0.5) is 0 Å². The van der Waals surface area contributed by atoms with Gasteiger partial charge in [0.05, 0.1) is 5.71 Å². The average molecular weight is 323 g/mol. The van der Waals surface area contributed by atoms with Crippen LogP contribution in [0.3, 0.4) is 0 Å². The molecule has 0 aliphatic carbocycles. The van der Waals surface area contributed by atoms with E-state index in [9.17, 15) is 0 Å². The zero-order valence-corrected chi connectivity index (χ0v) is 13.7. The van der Waals surface area contributed by atoms with Gasteiger partial charge in [-0.3, -0.25) is 9.98 Å². The van der Waals surface area contributed by atoms with Gasteiger partial charge in [0.2, 0.25) is 0 Å². The van der Waals surface area contributed by atoms with Gasteiger partial charge < -0.3 is 0 Å². The Balaban J connectivity index is 1.70. The van der Waals surface area contributed by atoms with Crippen molar-refractivity contribution in [1.29, 1.82) is 0 Å². The summed E-state index contributed by atoms with van der Waals surface area (Å²) in [5, 5.41) is 0. The molecule has 0 N–H and O–H groups in total. The third kappa shape index (κ3) is 3.45. The van der Waals surface area contributed by atoms with Gasteiger partial charge in [0, 0.05) is 18.0 Å². The van der Waals surface area contributed by atoms with E-state index in [1.54, 1.807) is 12.4 Å². The standard InChI is InChI=1S/C22H17N3/c1-3-8-17(9-4-1)13-14-20-21(18-10-5-2-6-11-18)25-22(24-20)19-12-7-15-23-16-19/h1-16,21H/b14-13+. The Morgan fingerprint density at radius 3 is 2.24 bits per heavy atom. The van der Waals surface area contributed by atoms with Crippen molar-refractivity contribution in [2.45, 2.75) is 6.04 Å². The predicted molar refractivity (Wildman–Crippen MR) is 103 cm³/mol. The minimum absolute atomic E-state index is 0.0867. The summed E-state index contributed by atoms with van der Waals surface area (Å²) >= 11 is 0. The second-order valence-electron chi connectivity index (χ2n) is 5.79. The number of nitrogens with zero attached hydrogens (tertiary/aromatic N) is 3. The lowest BCUT2D eigenvalue weighted by atomic mass is 10.0. The Bertz CT molecular complexity index is 927. The normalized spacial score (nSPS) is 16.7. The maximum absolute atomic E-state index is 4.84. The molecule has 4 rings (SSSR count). The lowest BCUT2D eigenvalue weighted by molar-refractivity contribution is 0.990. The van der Waals surface area contributed by atoms with E-state index in [0.29, 0.717) is 0 Å². The summed E-state index contributed by atoms with van der Waals surface area (Å²) in [7, 11) is 0. The Labute approximate surface area is 147 Å². The fourth-order valence-electron chi connectivity index (χ4n) is 2.79. The van der Waals surface area contributed by atoms with Crippen molar-refractivity contribution in [1.82, 2.24) is 4.98 Å². The Kier molecular flexibility index (Phi) is 4.29. The molecular weight excluding hydrogens is 306 g/mol. The zero-order chi connectivity index (χ0) is 16.9. The van der Waals surface area contributed by atoms with Gasteiger partial charge in [0.1, 0.15) is 6.04 Å². The van der Waals surface area contributed by atoms with Crippen LogP contribution in [0.1, 0.15) is 22.7 Å². The van der Waals surface area contributed by atoms with Crippen LogP contribution in [-0.4, -0.2) is 16.5 Å². The second-order valence-corrected chi connectivity index (χ2v) is 5.79. The Morgan fingerprint density at radius 1 is 0.760 bits per heavy atom. The van der Waals surface area contributed by atoms with E-state index >= 15 is 0 Å². The number of hydrogen-bond acceptors (Lipinski definition) is 3. The van der Waals surface area contributed by atoms with Gasteiger partial charge in [-0.1, -0.05) is 66.7 Å². The highest BCUT2D eigenvalue weighted by molar-refractivity contribution is 6.17. The fourth-order valence-corrected chi connectivity index (χ4v) is 2.79. The van der Waals surface area contributed by atoms with Crippen LogP contribution in [0.2, 0.25) is 0 Å². The van der Waals surface area contributed by atoms with E-state index in [-0.39, 0.29) is 6.04 Å². The fraction of sp³-hybridized carbons (Fsp3) is 0.0455. The van der Waals surface area contributed by atoms with E-state index < -0.39 is 0 Å². The summed E-state index contributed by atoms with van der Waals surface area (Å²) < 4.78 is 0. The van der Waals surface area contributed by atoms with Crippen LogP contribution in [0, 0.1) is 0 Å². The van der Waals surface area contributed by atoms with E-state index in [0.717, 1.165) is 28.2 Å². The third-order valence-electron chi connectivity index (χ3n) is 4.05. The summed E-state index contributed by atoms with van der Waals surface area (Å²) in [5.41, 5.74) is 4.16. The molecule has 3 heteroatoms. The molecule has 3 nitrogen and oxygen atoms in total. The summed E-state index contributed by atoms with van der Waals surface area (Å²) in [4.78, 5) is 13.8. The second kappa shape index (κ2) is 7.05. The Hall–Kier alpha value is -3.33. The lowest BCUT2D eigenvalue weighted by Gasteiger charge is -2.08. The van der Waals surface area contributed by atoms with Crippen molar-refractivity contribution in [2.24, 2.45) is 9.98 Å². The molecule has 0 fully saturated rings. The lowest BCUT2D eigenvalue weighted by Crippen LogP contribution is -2.03. The first kappa shape index (κ1) is 15.2. The molecule has 25 heavy (non-hydrogen) atoms. The van der Waals surface area contributed by atoms with Gasteiger partial charge in [-0.15, -0.1) is 0 Å². The number of amidine groups is 1. The molecule has 1 aliphatic rings. The van der Waals surface area contributed by atoms with E-state index in [4.69, 9.17) is 9.98 Å². The molecule has 0 saturated heterocycles. The number of aliphatic imine (C=N–C) groups is 2. The minimum atomic E-state index is -0.0867. The maximum atomic E-state index is 4.84. The molecule has 1 aliphatic heterocycles. The molecule has 0 radical (unpaired) electrons. The summed E-state index contributed by atoms with van der Waals surface area (Å²) in [5.74, 6) is 0.731. The van der Waals surface area contributed by atoms with Gasteiger partial charge in [0.25, 0.3) is 0 Å². The van der Waals surface area contributed by atoms with Gasteiger partial charge in [0.15, 0.2) is 5.84 Å². The molecule has 1 unspecified atom stereocenters. The average Bonchev–Trinajstić information content (AvgIpc) is 3.13. The van der Waals surface area contributed by atoms with Gasteiger partial charge in [-0.05, 0) is 29.3 Å². The number of pyridine rings is 1. The van der Waals surface area contributed by atoms with Crippen molar-refractivity contribution in [2.75, 3.05) is 0 Å². The topological polar surface area (TPSA) is 37.6 Å². The largest absolute Gasteiger partial charge is 0.264 e. The Morgan fingerprint density at radius 2 is 1.52 bits per heavy atom. The number of benzene rings is 2. The molecule has 120 valence electrons. The van der Waals surface area contributed by atoms with E-state index in [1.807, 2.05) is 48.5 Å². The quantitative estimate of drug-likeness (QED) is 0.683. The monoisotopic (exact) mass is 323 g/mol. The number of aromatic nitrogens is 1. The van der Waals surface area contributed by atoms with Crippen molar-refractivity contribution < 1.29 is 0 Å². The first-order chi connectivity index (χ1) is 12.4. The molecule has 3 aromatic rings. The van der Waals surface area contributed by atoms with Crippen molar-refractivity contribution in [3.8, 4) is 0 Å². The smallest absolute Gasteiger partial charge is 0.157 e. The van der Waals surface area contributed by atoms with Crippen molar-refractivity contribution in [3.05, 3.63) is 108 Å². The molecule has 0 saturated carbocycles. The van der Waals surface area contributed by atoms with E-state index in [2.05, 4.69) is 41.4 Å². The number of rotatable bonds is 4. The molecule has 0 spiro atoms. The van der Waals surface area contributed by atoms with Crippen LogP contribution in [0.25, 0.3) is 6.08 Å². The van der Waals surface area contributed by atoms with Gasteiger partial charge in [-0.25, -0.2) is 4.99 Å². The highest BCUT2D eigenvalue weighted by atomic mass is 15.0. The van der Waals surface area contributed by atoms with Crippen LogP contribution in [0.15, 0.2) is 101 Å². The molecule has 0 bridgehead atoms. The third-order valence-corrected chi connectivity index (χ3v) is 4.05. The zero-order valence-electron chi connectivity index (χ0n) is 13.7. The van der Waals surface area contributed by atoms with Crippen LogP contribution >= 0.6 is 0 Å². The first-order valence-electron chi connectivity index (χ1n) is 8.25. The van der Waals surface area contributed by atoms with Crippen LogP contribution in [-0.2, 0) is 0 Å². The predicted octanol–water partition coefficient (Wildman–Crippen LogP) is 4.74. The van der Waals surface area contributed by atoms with Crippen LogP contribution in [0.5, 0.6) is 0 Å². The van der Waals surface area contributed by atoms with Crippen molar-refractivity contribution in [3.63, 3.8) is 0 Å².